The molecule has 2 N–H and O–H groups in total. The largest absolute Gasteiger partial charge is 0.454 e. The molecule has 0 aromatic heterocycles. The maximum atomic E-state index is 12.1. The van der Waals surface area contributed by atoms with Crippen molar-refractivity contribution in [2.24, 2.45) is 0 Å². The fourth-order valence-electron chi connectivity index (χ4n) is 2.54. The molecule has 1 heterocycles. The second kappa shape index (κ2) is 8.90. The standard InChI is InChI=1S/C20H20N2O6/c1-13-4-2-3-5-15(13)9-21-18(23)11-26-19(24)10-22-20(25)14-6-7-16-17(8-14)28-12-27-16/h2-8H,9-12H2,1H3,(H,21,23)(H,22,25). The third-order valence-corrected chi connectivity index (χ3v) is 4.13. The van der Waals surface area contributed by atoms with Crippen molar-refractivity contribution in [2.45, 2.75) is 13.5 Å². The summed E-state index contributed by atoms with van der Waals surface area (Å²) in [5.74, 6) is -0.550. The van der Waals surface area contributed by atoms with Gasteiger partial charge >= 0.3 is 5.97 Å². The fourth-order valence-corrected chi connectivity index (χ4v) is 2.54. The van der Waals surface area contributed by atoms with Gasteiger partial charge in [-0.05, 0) is 36.2 Å². The highest BCUT2D eigenvalue weighted by Crippen LogP contribution is 2.32. The third-order valence-electron chi connectivity index (χ3n) is 4.13. The lowest BCUT2D eigenvalue weighted by Gasteiger charge is -2.09. The number of rotatable bonds is 7. The van der Waals surface area contributed by atoms with E-state index in [0.717, 1.165) is 11.1 Å². The molecule has 0 aliphatic carbocycles. The smallest absolute Gasteiger partial charge is 0.325 e. The Bertz CT molecular complexity index is 896. The Hall–Kier alpha value is -3.55. The molecule has 0 spiro atoms. The molecule has 0 fully saturated rings. The van der Waals surface area contributed by atoms with Crippen LogP contribution >= 0.6 is 0 Å². The number of carbonyl (C=O) groups is 3. The molecule has 1 aliphatic heterocycles. The minimum Gasteiger partial charge on any atom is -0.454 e. The first-order valence-electron chi connectivity index (χ1n) is 8.67. The molecule has 2 aromatic carbocycles. The van der Waals surface area contributed by atoms with Crippen molar-refractivity contribution in [2.75, 3.05) is 19.9 Å². The number of esters is 1. The molecular formula is C20H20N2O6. The predicted octanol–water partition coefficient (Wildman–Crippen LogP) is 1.31. The topological polar surface area (TPSA) is 103 Å². The van der Waals surface area contributed by atoms with Crippen LogP contribution in [0.5, 0.6) is 11.5 Å². The van der Waals surface area contributed by atoms with E-state index in [0.29, 0.717) is 23.6 Å². The van der Waals surface area contributed by atoms with Crippen molar-refractivity contribution in [3.8, 4) is 11.5 Å². The highest BCUT2D eigenvalue weighted by atomic mass is 16.7. The van der Waals surface area contributed by atoms with Crippen LogP contribution in [-0.2, 0) is 20.9 Å². The van der Waals surface area contributed by atoms with Crippen molar-refractivity contribution in [3.63, 3.8) is 0 Å². The molecular weight excluding hydrogens is 364 g/mol. The Kier molecular flexibility index (Phi) is 6.11. The van der Waals surface area contributed by atoms with E-state index < -0.39 is 24.4 Å². The molecule has 3 rings (SSSR count). The fraction of sp³-hybridized carbons (Fsp3) is 0.250. The van der Waals surface area contributed by atoms with E-state index in [4.69, 9.17) is 14.2 Å². The highest BCUT2D eigenvalue weighted by Gasteiger charge is 2.17. The lowest BCUT2D eigenvalue weighted by Crippen LogP contribution is -2.33. The second-order valence-electron chi connectivity index (χ2n) is 6.11. The monoisotopic (exact) mass is 384 g/mol. The summed E-state index contributed by atoms with van der Waals surface area (Å²) in [7, 11) is 0. The molecule has 28 heavy (non-hydrogen) atoms. The van der Waals surface area contributed by atoms with E-state index in [1.165, 1.54) is 6.07 Å². The van der Waals surface area contributed by atoms with Crippen LogP contribution in [0.4, 0.5) is 0 Å². The van der Waals surface area contributed by atoms with Crippen LogP contribution in [0, 0.1) is 6.92 Å². The summed E-state index contributed by atoms with van der Waals surface area (Å²) in [5.41, 5.74) is 2.37. The number of hydrogen-bond acceptors (Lipinski definition) is 6. The second-order valence-corrected chi connectivity index (χ2v) is 6.11. The van der Waals surface area contributed by atoms with Gasteiger partial charge in [-0.2, -0.15) is 0 Å². The minimum atomic E-state index is -0.708. The van der Waals surface area contributed by atoms with Gasteiger partial charge in [-0.3, -0.25) is 14.4 Å². The van der Waals surface area contributed by atoms with E-state index in [2.05, 4.69) is 10.6 Å². The van der Waals surface area contributed by atoms with Gasteiger partial charge in [-0.15, -0.1) is 0 Å². The minimum absolute atomic E-state index is 0.110. The Labute approximate surface area is 161 Å². The average Bonchev–Trinajstić information content (AvgIpc) is 3.17. The number of benzene rings is 2. The van der Waals surface area contributed by atoms with Gasteiger partial charge in [-0.25, -0.2) is 0 Å². The van der Waals surface area contributed by atoms with Gasteiger partial charge in [0.1, 0.15) is 6.54 Å². The van der Waals surface area contributed by atoms with Crippen molar-refractivity contribution < 1.29 is 28.6 Å². The average molecular weight is 384 g/mol. The summed E-state index contributed by atoms with van der Waals surface area (Å²) in [6.07, 6.45) is 0. The number of hydrogen-bond donors (Lipinski definition) is 2. The number of ether oxygens (including phenoxy) is 3. The van der Waals surface area contributed by atoms with Gasteiger partial charge in [0.15, 0.2) is 18.1 Å². The van der Waals surface area contributed by atoms with Crippen LogP contribution in [0.15, 0.2) is 42.5 Å². The number of amides is 2. The molecule has 0 atom stereocenters. The first-order chi connectivity index (χ1) is 13.5. The van der Waals surface area contributed by atoms with Crippen LogP contribution in [0.2, 0.25) is 0 Å². The summed E-state index contributed by atoms with van der Waals surface area (Å²) in [4.78, 5) is 35.6. The molecule has 146 valence electrons. The van der Waals surface area contributed by atoms with Gasteiger partial charge in [0.25, 0.3) is 11.8 Å². The van der Waals surface area contributed by atoms with E-state index in [-0.39, 0.29) is 13.3 Å². The molecule has 2 amide bonds. The molecule has 0 bridgehead atoms. The molecule has 0 saturated carbocycles. The van der Waals surface area contributed by atoms with Crippen molar-refractivity contribution in [1.82, 2.24) is 10.6 Å². The summed E-state index contributed by atoms with van der Waals surface area (Å²) >= 11 is 0. The zero-order valence-corrected chi connectivity index (χ0v) is 15.3. The van der Waals surface area contributed by atoms with Crippen LogP contribution in [-0.4, -0.2) is 37.7 Å². The van der Waals surface area contributed by atoms with E-state index in [1.807, 2.05) is 31.2 Å². The van der Waals surface area contributed by atoms with E-state index in [9.17, 15) is 14.4 Å². The predicted molar refractivity (Wildman–Crippen MR) is 98.9 cm³/mol. The third kappa shape index (κ3) is 5.00. The van der Waals surface area contributed by atoms with Crippen LogP contribution in [0.1, 0.15) is 21.5 Å². The SMILES string of the molecule is Cc1ccccc1CNC(=O)COC(=O)CNC(=O)c1ccc2c(c1)OCO2. The summed E-state index contributed by atoms with van der Waals surface area (Å²) in [6.45, 7) is 1.65. The van der Waals surface area contributed by atoms with Crippen molar-refractivity contribution in [3.05, 3.63) is 59.2 Å². The van der Waals surface area contributed by atoms with Gasteiger partial charge < -0.3 is 24.8 Å². The molecule has 2 aromatic rings. The maximum absolute atomic E-state index is 12.1. The number of aryl methyl sites for hydroxylation is 1. The van der Waals surface area contributed by atoms with E-state index in [1.54, 1.807) is 12.1 Å². The Morgan fingerprint density at radius 1 is 1.04 bits per heavy atom. The summed E-state index contributed by atoms with van der Waals surface area (Å²) < 4.78 is 15.3. The zero-order valence-electron chi connectivity index (χ0n) is 15.3. The van der Waals surface area contributed by atoms with Gasteiger partial charge in [-0.1, -0.05) is 24.3 Å². The van der Waals surface area contributed by atoms with E-state index >= 15 is 0 Å². The first kappa shape index (κ1) is 19.2. The maximum Gasteiger partial charge on any atom is 0.325 e. The zero-order chi connectivity index (χ0) is 19.9. The lowest BCUT2D eigenvalue weighted by molar-refractivity contribution is -0.147. The van der Waals surface area contributed by atoms with Gasteiger partial charge in [0.05, 0.1) is 0 Å². The van der Waals surface area contributed by atoms with Crippen molar-refractivity contribution >= 4 is 17.8 Å². The van der Waals surface area contributed by atoms with Crippen LogP contribution < -0.4 is 20.1 Å². The Morgan fingerprint density at radius 2 is 1.82 bits per heavy atom. The summed E-state index contributed by atoms with van der Waals surface area (Å²) in [5, 5.41) is 5.12. The molecule has 8 nitrogen and oxygen atoms in total. The van der Waals surface area contributed by atoms with Gasteiger partial charge in [0, 0.05) is 12.1 Å². The number of fused-ring (bicyclic) bond motifs is 1. The Morgan fingerprint density at radius 3 is 2.64 bits per heavy atom. The number of carbonyl (C=O) groups excluding carboxylic acids is 3. The lowest BCUT2D eigenvalue weighted by atomic mass is 10.1. The summed E-state index contributed by atoms with van der Waals surface area (Å²) in [6, 6.07) is 12.4. The van der Waals surface area contributed by atoms with Crippen LogP contribution in [0.3, 0.4) is 0 Å². The molecule has 0 radical (unpaired) electrons. The number of nitrogens with one attached hydrogen (secondary N) is 2. The normalized spacial score (nSPS) is 11.6. The Balaban J connectivity index is 1.37. The highest BCUT2D eigenvalue weighted by molar-refractivity contribution is 5.96. The van der Waals surface area contributed by atoms with Crippen molar-refractivity contribution in [1.29, 1.82) is 0 Å². The molecule has 0 unspecified atom stereocenters. The van der Waals surface area contributed by atoms with Crippen LogP contribution in [0.25, 0.3) is 0 Å². The molecule has 0 saturated heterocycles. The molecule has 8 heteroatoms. The first-order valence-corrected chi connectivity index (χ1v) is 8.67. The van der Waals surface area contributed by atoms with Gasteiger partial charge in [0.2, 0.25) is 6.79 Å². The quantitative estimate of drug-likeness (QED) is 0.698. The molecule has 1 aliphatic rings.